The third-order valence-electron chi connectivity index (χ3n) is 4.12. The number of carboxylic acid groups (broad SMARTS) is 1. The molecule has 1 heterocycles. The Balaban J connectivity index is 1.84. The quantitative estimate of drug-likeness (QED) is 0.829. The molecule has 0 saturated heterocycles. The molecule has 2 atom stereocenters. The second kappa shape index (κ2) is 4.33. The van der Waals surface area contributed by atoms with Crippen molar-refractivity contribution >= 4 is 5.97 Å². The zero-order valence-corrected chi connectivity index (χ0v) is 10.5. The Bertz CT molecular complexity index is 451. The smallest absolute Gasteiger partial charge is 0.305 e. The van der Waals surface area contributed by atoms with Gasteiger partial charge in [0, 0.05) is 5.92 Å². The van der Waals surface area contributed by atoms with Crippen LogP contribution in [0.5, 0.6) is 0 Å². The number of carbonyl (C=O) groups is 1. The number of tetrazole rings is 1. The highest BCUT2D eigenvalue weighted by Crippen LogP contribution is 2.45. The summed E-state index contributed by atoms with van der Waals surface area (Å²) in [6, 6.07) is -0.0614. The number of hydrogen-bond acceptors (Lipinski definition) is 4. The molecule has 0 amide bonds. The predicted octanol–water partition coefficient (Wildman–Crippen LogP) is 1.61. The van der Waals surface area contributed by atoms with Crippen LogP contribution in [0, 0.1) is 11.8 Å². The first kappa shape index (κ1) is 11.6. The third-order valence-corrected chi connectivity index (χ3v) is 4.12. The van der Waals surface area contributed by atoms with Gasteiger partial charge in [0.05, 0.1) is 12.5 Å². The summed E-state index contributed by atoms with van der Waals surface area (Å²) in [5, 5.41) is 21.0. The maximum atomic E-state index is 11.0. The van der Waals surface area contributed by atoms with Gasteiger partial charge >= 0.3 is 5.97 Å². The van der Waals surface area contributed by atoms with Crippen molar-refractivity contribution in [2.75, 3.05) is 0 Å². The molecule has 2 unspecified atom stereocenters. The Morgan fingerprint density at radius 1 is 1.39 bits per heavy atom. The third kappa shape index (κ3) is 2.23. The average Bonchev–Trinajstić information content (AvgIpc) is 3.21. The van der Waals surface area contributed by atoms with Gasteiger partial charge in [0.25, 0.3) is 0 Å². The van der Waals surface area contributed by atoms with E-state index in [1.165, 1.54) is 12.8 Å². The number of carboxylic acids is 1. The van der Waals surface area contributed by atoms with Gasteiger partial charge < -0.3 is 5.11 Å². The number of aromatic nitrogens is 4. The molecule has 0 radical (unpaired) electrons. The summed E-state index contributed by atoms with van der Waals surface area (Å²) in [6.07, 6.45) is 4.78. The first-order chi connectivity index (χ1) is 8.66. The summed E-state index contributed by atoms with van der Waals surface area (Å²) in [7, 11) is 0. The topological polar surface area (TPSA) is 80.9 Å². The second-order valence-corrected chi connectivity index (χ2v) is 5.61. The summed E-state index contributed by atoms with van der Waals surface area (Å²) in [5.74, 6) is 1.56. The van der Waals surface area contributed by atoms with E-state index < -0.39 is 5.97 Å². The molecule has 6 heteroatoms. The zero-order chi connectivity index (χ0) is 12.7. The molecule has 0 bridgehead atoms. The minimum absolute atomic E-state index is 0.0614. The molecule has 2 fully saturated rings. The van der Waals surface area contributed by atoms with Crippen LogP contribution in [0.4, 0.5) is 0 Å². The summed E-state index contributed by atoms with van der Waals surface area (Å²) < 4.78 is 1.79. The fraction of sp³-hybridized carbons (Fsp3) is 0.833. The van der Waals surface area contributed by atoms with Gasteiger partial charge in [-0.15, -0.1) is 5.10 Å². The molecule has 0 aliphatic heterocycles. The van der Waals surface area contributed by atoms with Gasteiger partial charge in [-0.25, -0.2) is 4.68 Å². The van der Waals surface area contributed by atoms with Crippen molar-refractivity contribution in [3.63, 3.8) is 0 Å². The van der Waals surface area contributed by atoms with Crippen LogP contribution in [-0.2, 0) is 4.79 Å². The van der Waals surface area contributed by atoms with Crippen LogP contribution in [0.2, 0.25) is 0 Å². The van der Waals surface area contributed by atoms with E-state index in [4.69, 9.17) is 5.11 Å². The number of nitrogens with zero attached hydrogens (tertiary/aromatic N) is 4. The average molecular weight is 250 g/mol. The van der Waals surface area contributed by atoms with Crippen molar-refractivity contribution in [2.24, 2.45) is 11.8 Å². The minimum Gasteiger partial charge on any atom is -0.481 e. The number of aliphatic carboxylic acids is 1. The molecule has 2 aliphatic carbocycles. The van der Waals surface area contributed by atoms with Gasteiger partial charge in [-0.05, 0) is 47.9 Å². The Morgan fingerprint density at radius 3 is 2.61 bits per heavy atom. The van der Waals surface area contributed by atoms with E-state index in [1.54, 1.807) is 4.68 Å². The normalized spacial score (nSPS) is 22.7. The molecule has 6 nitrogen and oxygen atoms in total. The molecule has 0 spiro atoms. The Kier molecular flexibility index (Phi) is 2.80. The monoisotopic (exact) mass is 250 g/mol. The second-order valence-electron chi connectivity index (χ2n) is 5.61. The van der Waals surface area contributed by atoms with Crippen molar-refractivity contribution in [3.8, 4) is 0 Å². The molecule has 1 aromatic heterocycles. The van der Waals surface area contributed by atoms with E-state index in [9.17, 15) is 4.79 Å². The molecule has 3 rings (SSSR count). The van der Waals surface area contributed by atoms with Gasteiger partial charge in [0.1, 0.15) is 0 Å². The van der Waals surface area contributed by atoms with E-state index in [2.05, 4.69) is 22.4 Å². The van der Waals surface area contributed by atoms with Gasteiger partial charge in [-0.3, -0.25) is 4.79 Å². The maximum absolute atomic E-state index is 11.0. The van der Waals surface area contributed by atoms with E-state index in [0.717, 1.165) is 18.7 Å². The van der Waals surface area contributed by atoms with Crippen molar-refractivity contribution in [1.29, 1.82) is 0 Å². The largest absolute Gasteiger partial charge is 0.481 e. The van der Waals surface area contributed by atoms with Crippen molar-refractivity contribution in [2.45, 2.75) is 51.0 Å². The Hall–Kier alpha value is -1.46. The highest BCUT2D eigenvalue weighted by molar-refractivity contribution is 5.67. The van der Waals surface area contributed by atoms with Crippen molar-refractivity contribution < 1.29 is 9.90 Å². The minimum atomic E-state index is -0.771. The number of hydrogen-bond donors (Lipinski definition) is 1. The summed E-state index contributed by atoms with van der Waals surface area (Å²) in [6.45, 7) is 2.14. The van der Waals surface area contributed by atoms with Crippen LogP contribution in [0.3, 0.4) is 0 Å². The van der Waals surface area contributed by atoms with Gasteiger partial charge in [0.2, 0.25) is 0 Å². The molecule has 98 valence electrons. The molecule has 18 heavy (non-hydrogen) atoms. The molecular formula is C12H18N4O2. The maximum Gasteiger partial charge on any atom is 0.305 e. The number of rotatable bonds is 6. The van der Waals surface area contributed by atoms with Gasteiger partial charge in [-0.1, -0.05) is 6.92 Å². The lowest BCUT2D eigenvalue weighted by Gasteiger charge is -2.18. The van der Waals surface area contributed by atoms with E-state index in [-0.39, 0.29) is 12.5 Å². The van der Waals surface area contributed by atoms with Crippen LogP contribution in [0.1, 0.15) is 56.8 Å². The lowest BCUT2D eigenvalue weighted by atomic mass is 10.0. The highest BCUT2D eigenvalue weighted by atomic mass is 16.4. The van der Waals surface area contributed by atoms with Crippen LogP contribution < -0.4 is 0 Å². The van der Waals surface area contributed by atoms with Crippen molar-refractivity contribution in [1.82, 2.24) is 20.2 Å². The van der Waals surface area contributed by atoms with E-state index in [1.807, 2.05) is 0 Å². The van der Waals surface area contributed by atoms with E-state index >= 15 is 0 Å². The summed E-state index contributed by atoms with van der Waals surface area (Å²) in [5.41, 5.74) is 0. The Labute approximate surface area is 105 Å². The molecule has 1 aromatic rings. The van der Waals surface area contributed by atoms with Crippen LogP contribution in [-0.4, -0.2) is 31.3 Å². The van der Waals surface area contributed by atoms with Crippen LogP contribution in [0.15, 0.2) is 0 Å². The summed E-state index contributed by atoms with van der Waals surface area (Å²) in [4.78, 5) is 11.0. The fourth-order valence-corrected chi connectivity index (χ4v) is 2.66. The Morgan fingerprint density at radius 2 is 2.06 bits per heavy atom. The molecular weight excluding hydrogens is 232 g/mol. The predicted molar refractivity (Wildman–Crippen MR) is 63.0 cm³/mol. The highest BCUT2D eigenvalue weighted by Gasteiger charge is 2.39. The molecule has 0 aromatic carbocycles. The first-order valence-corrected chi connectivity index (χ1v) is 6.66. The van der Waals surface area contributed by atoms with Crippen LogP contribution in [0.25, 0.3) is 0 Å². The lowest BCUT2D eigenvalue weighted by molar-refractivity contribution is -0.138. The van der Waals surface area contributed by atoms with E-state index in [0.29, 0.717) is 17.8 Å². The lowest BCUT2D eigenvalue weighted by Crippen LogP contribution is -2.21. The van der Waals surface area contributed by atoms with Crippen molar-refractivity contribution in [3.05, 3.63) is 5.82 Å². The SMILES string of the molecule is CC(c1nnnn1C(CC(=O)O)C1CC1)C1CC1. The molecule has 1 N–H and O–H groups in total. The summed E-state index contributed by atoms with van der Waals surface area (Å²) >= 11 is 0. The van der Waals surface area contributed by atoms with Crippen LogP contribution >= 0.6 is 0 Å². The molecule has 2 saturated carbocycles. The first-order valence-electron chi connectivity index (χ1n) is 6.66. The van der Waals surface area contributed by atoms with Gasteiger partial charge in [0.15, 0.2) is 5.82 Å². The van der Waals surface area contributed by atoms with Gasteiger partial charge in [-0.2, -0.15) is 0 Å². The standard InChI is InChI=1S/C12H18N4O2/c1-7(8-2-3-8)12-13-14-15-16(12)10(6-11(17)18)9-4-5-9/h7-10H,2-6H2,1H3,(H,17,18). The fourth-order valence-electron chi connectivity index (χ4n) is 2.66. The zero-order valence-electron chi connectivity index (χ0n) is 10.5. The molecule has 2 aliphatic rings.